The fourth-order valence-corrected chi connectivity index (χ4v) is 6.61. The lowest BCUT2D eigenvalue weighted by Gasteiger charge is -2.56. The molecule has 2 aromatic rings. The summed E-state index contributed by atoms with van der Waals surface area (Å²) in [6, 6.07) is 6.32. The first-order valence-electron chi connectivity index (χ1n) is 9.73. The molecular formula is C21H25ClN2OS. The summed E-state index contributed by atoms with van der Waals surface area (Å²) in [6.45, 7) is 6.88. The van der Waals surface area contributed by atoms with E-state index in [0.29, 0.717) is 11.8 Å². The third-order valence-corrected chi connectivity index (χ3v) is 8.27. The zero-order chi connectivity index (χ0) is 18.1. The highest BCUT2D eigenvalue weighted by Gasteiger charge is 2.48. The quantitative estimate of drug-likeness (QED) is 0.799. The molecule has 5 heteroatoms. The number of benzene rings is 1. The van der Waals surface area contributed by atoms with Crippen molar-refractivity contribution in [1.82, 2.24) is 10.2 Å². The summed E-state index contributed by atoms with van der Waals surface area (Å²) in [5.41, 5.74) is 1.30. The number of amides is 1. The van der Waals surface area contributed by atoms with Gasteiger partial charge in [-0.3, -0.25) is 9.69 Å². The maximum atomic E-state index is 13.1. The number of piperidine rings is 3. The Morgan fingerprint density at radius 3 is 2.62 bits per heavy atom. The number of thiophene rings is 1. The topological polar surface area (TPSA) is 32.3 Å². The lowest BCUT2D eigenvalue weighted by molar-refractivity contribution is -0.0377. The Kier molecular flexibility index (Phi) is 3.90. The molecule has 138 valence electrons. The van der Waals surface area contributed by atoms with Crippen molar-refractivity contribution in [1.29, 1.82) is 0 Å². The number of rotatable bonds is 3. The summed E-state index contributed by atoms with van der Waals surface area (Å²) < 4.78 is 1.21. The first-order chi connectivity index (χ1) is 12.4. The smallest absolute Gasteiger partial charge is 0.261 e. The van der Waals surface area contributed by atoms with E-state index in [1.807, 2.05) is 12.1 Å². The molecule has 4 heterocycles. The number of fused-ring (bicyclic) bond motifs is 4. The van der Waals surface area contributed by atoms with E-state index in [2.05, 4.69) is 30.1 Å². The van der Waals surface area contributed by atoms with Crippen LogP contribution in [-0.2, 0) is 0 Å². The van der Waals surface area contributed by atoms with Crippen molar-refractivity contribution < 1.29 is 4.79 Å². The van der Waals surface area contributed by atoms with Gasteiger partial charge in [0.25, 0.3) is 5.91 Å². The molecule has 3 saturated heterocycles. The van der Waals surface area contributed by atoms with E-state index in [0.717, 1.165) is 28.4 Å². The summed E-state index contributed by atoms with van der Waals surface area (Å²) in [4.78, 5) is 16.4. The maximum Gasteiger partial charge on any atom is 0.261 e. The molecular weight excluding hydrogens is 364 g/mol. The van der Waals surface area contributed by atoms with Gasteiger partial charge in [0.1, 0.15) is 0 Å². The van der Waals surface area contributed by atoms with Crippen LogP contribution in [0.3, 0.4) is 0 Å². The fourth-order valence-electron chi connectivity index (χ4n) is 5.05. The number of carbonyl (C=O) groups excluding carboxylic acids is 1. The number of nitrogens with zero attached hydrogens (tertiary/aromatic N) is 1. The van der Waals surface area contributed by atoms with Crippen molar-refractivity contribution in [2.75, 3.05) is 13.1 Å². The van der Waals surface area contributed by atoms with Crippen LogP contribution in [0.1, 0.15) is 60.7 Å². The highest BCUT2D eigenvalue weighted by Crippen LogP contribution is 2.48. The van der Waals surface area contributed by atoms with Gasteiger partial charge in [-0.05, 0) is 87.5 Å². The van der Waals surface area contributed by atoms with Crippen LogP contribution in [-0.4, -0.2) is 35.5 Å². The van der Waals surface area contributed by atoms with Crippen LogP contribution in [0.2, 0.25) is 5.02 Å². The van der Waals surface area contributed by atoms with Gasteiger partial charge in [-0.2, -0.15) is 0 Å². The number of carbonyl (C=O) groups is 1. The van der Waals surface area contributed by atoms with Crippen LogP contribution in [0, 0.1) is 5.92 Å². The number of hydrogen-bond acceptors (Lipinski definition) is 3. The zero-order valence-corrected chi connectivity index (χ0v) is 16.9. The second-order valence-electron chi connectivity index (χ2n) is 8.69. The highest BCUT2D eigenvalue weighted by molar-refractivity contribution is 7.21. The SMILES string of the molecule is CC1(C)[C@H](NC(=O)c2cc3ccc(Cl)c(C4CC4)c3s2)C2CCN1CC2. The molecule has 1 atom stereocenters. The summed E-state index contributed by atoms with van der Waals surface area (Å²) in [7, 11) is 0. The molecule has 1 aromatic carbocycles. The van der Waals surface area contributed by atoms with Crippen LogP contribution in [0.25, 0.3) is 10.1 Å². The van der Waals surface area contributed by atoms with Gasteiger partial charge in [0.2, 0.25) is 0 Å². The number of nitrogens with one attached hydrogen (secondary N) is 1. The van der Waals surface area contributed by atoms with Gasteiger partial charge in [-0.25, -0.2) is 0 Å². The molecule has 0 unspecified atom stereocenters. The van der Waals surface area contributed by atoms with Crippen LogP contribution in [0.4, 0.5) is 0 Å². The first kappa shape index (κ1) is 17.0. The Bertz CT molecular complexity index is 878. The predicted octanol–water partition coefficient (Wildman–Crippen LogP) is 5.03. The van der Waals surface area contributed by atoms with Gasteiger partial charge in [0.15, 0.2) is 0 Å². The van der Waals surface area contributed by atoms with E-state index < -0.39 is 0 Å². The van der Waals surface area contributed by atoms with Gasteiger partial charge in [-0.1, -0.05) is 17.7 Å². The Morgan fingerprint density at radius 2 is 1.96 bits per heavy atom. The van der Waals surface area contributed by atoms with Crippen molar-refractivity contribution in [3.63, 3.8) is 0 Å². The number of hydrogen-bond donors (Lipinski definition) is 1. The minimum Gasteiger partial charge on any atom is -0.346 e. The average molecular weight is 389 g/mol. The summed E-state index contributed by atoms with van der Waals surface area (Å²) in [5, 5.41) is 5.40. The van der Waals surface area contributed by atoms with E-state index in [9.17, 15) is 4.79 Å². The van der Waals surface area contributed by atoms with Gasteiger partial charge in [-0.15, -0.1) is 11.3 Å². The average Bonchev–Trinajstić information content (AvgIpc) is 3.35. The minimum atomic E-state index is 0.0377. The molecule has 6 rings (SSSR count). The Morgan fingerprint density at radius 1 is 1.23 bits per heavy atom. The molecule has 3 nitrogen and oxygen atoms in total. The lowest BCUT2D eigenvalue weighted by Crippen LogP contribution is -2.69. The third kappa shape index (κ3) is 2.61. The molecule has 4 fully saturated rings. The first-order valence-corrected chi connectivity index (χ1v) is 10.9. The largest absolute Gasteiger partial charge is 0.346 e. The van der Waals surface area contributed by atoms with Gasteiger partial charge >= 0.3 is 0 Å². The molecule has 0 spiro atoms. The van der Waals surface area contributed by atoms with Crippen molar-refractivity contribution in [3.05, 3.63) is 33.7 Å². The van der Waals surface area contributed by atoms with Gasteiger partial charge < -0.3 is 5.32 Å². The second kappa shape index (κ2) is 5.95. The minimum absolute atomic E-state index is 0.0377. The zero-order valence-electron chi connectivity index (χ0n) is 15.3. The van der Waals surface area contributed by atoms with Crippen molar-refractivity contribution in [2.45, 2.75) is 57.0 Å². The monoisotopic (exact) mass is 388 g/mol. The molecule has 1 amide bonds. The summed E-state index contributed by atoms with van der Waals surface area (Å²) >= 11 is 8.08. The molecule has 1 aromatic heterocycles. The van der Waals surface area contributed by atoms with Gasteiger partial charge in [0, 0.05) is 21.3 Å². The Hall–Kier alpha value is -1.10. The normalized spacial score (nSPS) is 29.9. The molecule has 3 aliphatic heterocycles. The van der Waals surface area contributed by atoms with Gasteiger partial charge in [0.05, 0.1) is 4.88 Å². The van der Waals surface area contributed by atoms with Crippen LogP contribution < -0.4 is 5.32 Å². The molecule has 26 heavy (non-hydrogen) atoms. The highest BCUT2D eigenvalue weighted by atomic mass is 35.5. The Balaban J connectivity index is 1.45. The van der Waals surface area contributed by atoms with E-state index in [1.54, 1.807) is 11.3 Å². The molecule has 1 aliphatic carbocycles. The van der Waals surface area contributed by atoms with Crippen LogP contribution in [0.15, 0.2) is 18.2 Å². The summed E-state index contributed by atoms with van der Waals surface area (Å²) in [6.07, 6.45) is 4.82. The Labute approximate surface area is 163 Å². The van der Waals surface area contributed by atoms with Crippen molar-refractivity contribution in [2.24, 2.45) is 5.92 Å². The second-order valence-corrected chi connectivity index (χ2v) is 10.2. The van der Waals surface area contributed by atoms with Crippen molar-refractivity contribution >= 4 is 38.9 Å². The fraction of sp³-hybridized carbons (Fsp3) is 0.571. The van der Waals surface area contributed by atoms with E-state index in [1.165, 1.54) is 35.9 Å². The molecule has 1 saturated carbocycles. The van der Waals surface area contributed by atoms with E-state index in [4.69, 9.17) is 11.6 Å². The molecule has 4 aliphatic rings. The molecule has 0 radical (unpaired) electrons. The lowest BCUT2D eigenvalue weighted by atomic mass is 9.72. The maximum absolute atomic E-state index is 13.1. The molecule has 2 bridgehead atoms. The standard InChI is InChI=1S/C21H25ClN2OS/c1-21(2)19(13-7-9-24(21)10-8-13)23-20(25)16-11-14-5-6-15(22)17(12-3-4-12)18(14)26-16/h5-6,11-13,19H,3-4,7-10H2,1-2H3,(H,23,25)/t19-/m1/s1. The van der Waals surface area contributed by atoms with Crippen LogP contribution >= 0.6 is 22.9 Å². The third-order valence-electron chi connectivity index (χ3n) is 6.76. The van der Waals surface area contributed by atoms with Crippen molar-refractivity contribution in [3.8, 4) is 0 Å². The predicted molar refractivity (Wildman–Crippen MR) is 108 cm³/mol. The van der Waals surface area contributed by atoms with E-state index >= 15 is 0 Å². The summed E-state index contributed by atoms with van der Waals surface area (Å²) in [5.74, 6) is 1.27. The molecule has 1 N–H and O–H groups in total. The van der Waals surface area contributed by atoms with E-state index in [-0.39, 0.29) is 17.5 Å². The number of halogens is 1. The van der Waals surface area contributed by atoms with Crippen LogP contribution in [0.5, 0.6) is 0 Å².